The molecule has 0 radical (unpaired) electrons. The highest BCUT2D eigenvalue weighted by molar-refractivity contribution is 7.83. The monoisotopic (exact) mass is 581 g/mol. The molecular weight excluding hydrogens is 546 g/mol. The van der Waals surface area contributed by atoms with Crippen molar-refractivity contribution >= 4 is 21.9 Å². The first kappa shape index (κ1) is 28.5. The van der Waals surface area contributed by atoms with Gasteiger partial charge in [-0.3, -0.25) is 3.97 Å². The minimum absolute atomic E-state index is 0.0539. The first-order valence-corrected chi connectivity index (χ1v) is 15.4. The summed E-state index contributed by atoms with van der Waals surface area (Å²) in [6.07, 6.45) is 2.64. The van der Waals surface area contributed by atoms with Crippen LogP contribution in [0.1, 0.15) is 41.2 Å². The van der Waals surface area contributed by atoms with Crippen molar-refractivity contribution in [2.24, 2.45) is 0 Å². The first-order valence-electron chi connectivity index (χ1n) is 14.3. The molecule has 0 spiro atoms. The summed E-state index contributed by atoms with van der Waals surface area (Å²) in [6, 6.07) is 35.6. The molecule has 1 aromatic heterocycles. The second kappa shape index (κ2) is 13.6. The standard InChI is InChI=1S/C35H35NO5S/c37-22-29-18-28-16-17-36(42(38)32-14-8-3-9-15-32)34(28)21-33(29)35-20-30(40-24-27-12-6-2-7-13-27)19-31(41-35)25-39-23-26-10-4-1-5-11-26/h1-18,21,30-31,35,37H,19-20,22-25H2. The highest BCUT2D eigenvalue weighted by Gasteiger charge is 2.33. The zero-order chi connectivity index (χ0) is 28.7. The van der Waals surface area contributed by atoms with Crippen molar-refractivity contribution in [3.8, 4) is 0 Å². The Morgan fingerprint density at radius 2 is 1.50 bits per heavy atom. The van der Waals surface area contributed by atoms with Crippen molar-refractivity contribution < 1.29 is 23.5 Å². The van der Waals surface area contributed by atoms with Gasteiger partial charge in [0.2, 0.25) is 0 Å². The van der Waals surface area contributed by atoms with E-state index in [2.05, 4.69) is 12.1 Å². The molecule has 0 saturated carbocycles. The van der Waals surface area contributed by atoms with Gasteiger partial charge in [-0.25, -0.2) is 4.21 Å². The number of hydrogen-bond donors (Lipinski definition) is 1. The van der Waals surface area contributed by atoms with Crippen LogP contribution in [0.3, 0.4) is 0 Å². The van der Waals surface area contributed by atoms with Crippen LogP contribution in [0.25, 0.3) is 10.9 Å². The fraction of sp³-hybridized carbons (Fsp3) is 0.257. The van der Waals surface area contributed by atoms with Crippen molar-refractivity contribution in [1.29, 1.82) is 0 Å². The number of hydrogen-bond acceptors (Lipinski definition) is 5. The molecule has 7 heteroatoms. The number of rotatable bonds is 11. The number of aliphatic hydroxyl groups is 1. The Kier molecular flexibility index (Phi) is 9.23. The van der Waals surface area contributed by atoms with E-state index in [0.29, 0.717) is 32.7 Å². The Labute approximate surface area is 249 Å². The molecule has 216 valence electrons. The Morgan fingerprint density at radius 1 is 0.833 bits per heavy atom. The second-order valence-corrected chi connectivity index (χ2v) is 12.0. The molecule has 6 nitrogen and oxygen atoms in total. The van der Waals surface area contributed by atoms with Crippen molar-refractivity contribution in [1.82, 2.24) is 3.97 Å². The van der Waals surface area contributed by atoms with E-state index in [-0.39, 0.29) is 24.9 Å². The minimum Gasteiger partial charge on any atom is -0.392 e. The van der Waals surface area contributed by atoms with E-state index in [1.807, 2.05) is 103 Å². The quantitative estimate of drug-likeness (QED) is 0.187. The molecule has 1 N–H and O–H groups in total. The molecule has 4 aromatic carbocycles. The molecule has 6 rings (SSSR count). The lowest BCUT2D eigenvalue weighted by Crippen LogP contribution is -2.36. The van der Waals surface area contributed by atoms with Gasteiger partial charge >= 0.3 is 0 Å². The number of ether oxygens (including phenoxy) is 3. The van der Waals surface area contributed by atoms with Gasteiger partial charge < -0.3 is 19.3 Å². The van der Waals surface area contributed by atoms with Gasteiger partial charge in [-0.05, 0) is 52.6 Å². The molecule has 0 aliphatic carbocycles. The fourth-order valence-electron chi connectivity index (χ4n) is 5.54. The lowest BCUT2D eigenvalue weighted by Gasteiger charge is -2.36. The molecule has 1 saturated heterocycles. The van der Waals surface area contributed by atoms with Crippen LogP contribution < -0.4 is 0 Å². The molecular formula is C35H35NO5S. The highest BCUT2D eigenvalue weighted by atomic mass is 32.2. The van der Waals surface area contributed by atoms with E-state index in [9.17, 15) is 9.32 Å². The molecule has 5 aromatic rings. The van der Waals surface area contributed by atoms with Crippen LogP contribution >= 0.6 is 0 Å². The summed E-state index contributed by atoms with van der Waals surface area (Å²) in [5.41, 5.74) is 4.75. The smallest absolute Gasteiger partial charge is 0.157 e. The van der Waals surface area contributed by atoms with Crippen LogP contribution in [0.15, 0.2) is 120 Å². The number of nitrogens with zero attached hydrogens (tertiary/aromatic N) is 1. The topological polar surface area (TPSA) is 69.9 Å². The molecule has 4 atom stereocenters. The molecule has 2 heterocycles. The van der Waals surface area contributed by atoms with Crippen molar-refractivity contribution in [2.45, 2.75) is 55.9 Å². The molecule has 1 fully saturated rings. The van der Waals surface area contributed by atoms with Crippen LogP contribution in [0.2, 0.25) is 0 Å². The van der Waals surface area contributed by atoms with E-state index in [1.54, 1.807) is 3.97 Å². The maximum atomic E-state index is 13.5. The summed E-state index contributed by atoms with van der Waals surface area (Å²) in [6.45, 7) is 1.33. The van der Waals surface area contributed by atoms with Crippen molar-refractivity contribution in [3.63, 3.8) is 0 Å². The van der Waals surface area contributed by atoms with Crippen LogP contribution in [0.4, 0.5) is 0 Å². The SMILES string of the molecule is O=S(c1ccccc1)n1ccc2cc(CO)c(C3CC(OCc4ccccc4)CC(COCc4ccccc4)O3)cc21. The van der Waals surface area contributed by atoms with Crippen LogP contribution in [-0.4, -0.2) is 32.1 Å². The summed E-state index contributed by atoms with van der Waals surface area (Å²) in [5, 5.41) is 11.3. The predicted octanol–water partition coefficient (Wildman–Crippen LogP) is 6.73. The molecule has 1 aliphatic heterocycles. The van der Waals surface area contributed by atoms with Crippen molar-refractivity contribution in [2.75, 3.05) is 6.61 Å². The lowest BCUT2D eigenvalue weighted by atomic mass is 9.92. The third-order valence-electron chi connectivity index (χ3n) is 7.66. The lowest BCUT2D eigenvalue weighted by molar-refractivity contribution is -0.142. The molecule has 42 heavy (non-hydrogen) atoms. The van der Waals surface area contributed by atoms with E-state index < -0.39 is 11.0 Å². The maximum absolute atomic E-state index is 13.5. The maximum Gasteiger partial charge on any atom is 0.157 e. The third-order valence-corrected chi connectivity index (χ3v) is 9.01. The Bertz CT molecular complexity index is 1610. The largest absolute Gasteiger partial charge is 0.392 e. The van der Waals surface area contributed by atoms with Gasteiger partial charge in [0.1, 0.15) is 0 Å². The molecule has 0 bridgehead atoms. The second-order valence-electron chi connectivity index (χ2n) is 10.6. The first-order chi connectivity index (χ1) is 20.7. The van der Waals surface area contributed by atoms with Crippen LogP contribution in [-0.2, 0) is 45.0 Å². The van der Waals surface area contributed by atoms with Crippen LogP contribution in [0, 0.1) is 0 Å². The average molecular weight is 582 g/mol. The predicted molar refractivity (Wildman–Crippen MR) is 164 cm³/mol. The number of aromatic nitrogens is 1. The molecule has 1 aliphatic rings. The van der Waals surface area contributed by atoms with Gasteiger partial charge in [0.25, 0.3) is 0 Å². The van der Waals surface area contributed by atoms with Gasteiger partial charge in [0.05, 0.1) is 55.2 Å². The van der Waals surface area contributed by atoms with Gasteiger partial charge in [-0.2, -0.15) is 0 Å². The van der Waals surface area contributed by atoms with E-state index in [4.69, 9.17) is 14.2 Å². The van der Waals surface area contributed by atoms with Gasteiger partial charge in [0.15, 0.2) is 11.0 Å². The Morgan fingerprint density at radius 3 is 2.19 bits per heavy atom. The molecule has 0 amide bonds. The normalized spacial score (nSPS) is 19.6. The zero-order valence-electron chi connectivity index (χ0n) is 23.4. The number of fused-ring (bicyclic) bond motifs is 1. The zero-order valence-corrected chi connectivity index (χ0v) is 24.2. The fourth-order valence-corrected chi connectivity index (χ4v) is 6.66. The van der Waals surface area contributed by atoms with Gasteiger partial charge in [0, 0.05) is 24.4 Å². The summed E-state index contributed by atoms with van der Waals surface area (Å²) < 4.78 is 34.4. The summed E-state index contributed by atoms with van der Waals surface area (Å²) in [7, 11) is -1.40. The summed E-state index contributed by atoms with van der Waals surface area (Å²) in [4.78, 5) is 0.724. The van der Waals surface area contributed by atoms with Gasteiger partial charge in [-0.15, -0.1) is 0 Å². The number of benzene rings is 4. The molecule has 4 unspecified atom stereocenters. The Hall–Kier alpha value is -3.59. The average Bonchev–Trinajstić information content (AvgIpc) is 3.47. The van der Waals surface area contributed by atoms with Crippen LogP contribution in [0.5, 0.6) is 0 Å². The third kappa shape index (κ3) is 6.72. The van der Waals surface area contributed by atoms with Gasteiger partial charge in [-0.1, -0.05) is 78.9 Å². The van der Waals surface area contributed by atoms with E-state index >= 15 is 0 Å². The van der Waals surface area contributed by atoms with E-state index in [1.165, 1.54) is 0 Å². The highest BCUT2D eigenvalue weighted by Crippen LogP contribution is 2.37. The summed E-state index contributed by atoms with van der Waals surface area (Å²) in [5.74, 6) is 0. The summed E-state index contributed by atoms with van der Waals surface area (Å²) >= 11 is 0. The number of aliphatic hydroxyl groups excluding tert-OH is 1. The van der Waals surface area contributed by atoms with Crippen molar-refractivity contribution in [3.05, 3.63) is 138 Å². The minimum atomic E-state index is -1.40. The Balaban J connectivity index is 1.27. The van der Waals surface area contributed by atoms with E-state index in [0.717, 1.165) is 38.1 Å².